The molecule has 6 nitrogen and oxygen atoms in total. The maximum atomic E-state index is 12.6. The second-order valence-corrected chi connectivity index (χ2v) is 8.58. The molecule has 0 saturated carbocycles. The van der Waals surface area contributed by atoms with Gasteiger partial charge in [-0.15, -0.1) is 0 Å². The highest BCUT2D eigenvalue weighted by molar-refractivity contribution is 7.89. The van der Waals surface area contributed by atoms with E-state index in [1.165, 1.54) is 4.31 Å². The molecular weight excluding hydrogens is 328 g/mol. The molecule has 1 fully saturated rings. The third kappa shape index (κ3) is 4.70. The van der Waals surface area contributed by atoms with E-state index in [9.17, 15) is 13.2 Å². The van der Waals surface area contributed by atoms with E-state index in [0.717, 1.165) is 0 Å². The average Bonchev–Trinajstić information content (AvgIpc) is 2.59. The first-order valence-corrected chi connectivity index (χ1v) is 9.94. The van der Waals surface area contributed by atoms with Gasteiger partial charge in [0.2, 0.25) is 10.0 Å². The highest BCUT2D eigenvalue weighted by Crippen LogP contribution is 2.17. The monoisotopic (exact) mass is 354 g/mol. The van der Waals surface area contributed by atoms with Gasteiger partial charge in [-0.2, -0.15) is 4.31 Å². The maximum Gasteiger partial charge on any atom is 0.254 e. The van der Waals surface area contributed by atoms with E-state index in [1.807, 2.05) is 6.07 Å². The van der Waals surface area contributed by atoms with Crippen LogP contribution in [0.5, 0.6) is 5.75 Å². The van der Waals surface area contributed by atoms with Crippen LogP contribution in [0.1, 0.15) is 31.1 Å². The van der Waals surface area contributed by atoms with Crippen molar-refractivity contribution in [1.82, 2.24) is 9.21 Å². The molecule has 1 saturated heterocycles. The topological polar surface area (TPSA) is 66.9 Å². The number of ether oxygens (including phenoxy) is 1. The van der Waals surface area contributed by atoms with E-state index in [-0.39, 0.29) is 11.7 Å². The van der Waals surface area contributed by atoms with Crippen LogP contribution in [-0.2, 0) is 10.0 Å². The fraction of sp³-hybridized carbons (Fsp3) is 0.588. The molecule has 134 valence electrons. The third-order valence-corrected chi connectivity index (χ3v) is 5.83. The van der Waals surface area contributed by atoms with Crippen LogP contribution in [0.2, 0.25) is 0 Å². The van der Waals surface area contributed by atoms with Crippen LogP contribution in [0.3, 0.4) is 0 Å². The Balaban J connectivity index is 1.99. The minimum Gasteiger partial charge on any atom is -0.493 e. The number of rotatable bonds is 6. The summed E-state index contributed by atoms with van der Waals surface area (Å²) in [6.45, 7) is 7.90. The van der Waals surface area contributed by atoms with Gasteiger partial charge in [-0.3, -0.25) is 4.79 Å². The molecule has 1 aromatic rings. The summed E-state index contributed by atoms with van der Waals surface area (Å²) in [5.74, 6) is 1.11. The second-order valence-electron chi connectivity index (χ2n) is 6.32. The molecule has 0 radical (unpaired) electrons. The summed E-state index contributed by atoms with van der Waals surface area (Å²) in [5.41, 5.74) is 0.572. The van der Waals surface area contributed by atoms with Crippen LogP contribution >= 0.6 is 0 Å². The molecule has 1 heterocycles. The molecule has 1 aliphatic heterocycles. The van der Waals surface area contributed by atoms with Crippen molar-refractivity contribution in [2.75, 3.05) is 38.5 Å². The zero-order valence-corrected chi connectivity index (χ0v) is 15.4. The van der Waals surface area contributed by atoms with Crippen LogP contribution in [0.25, 0.3) is 0 Å². The molecule has 0 spiro atoms. The number of sulfonamides is 1. The van der Waals surface area contributed by atoms with Crippen LogP contribution in [0.4, 0.5) is 0 Å². The SMILES string of the molecule is CCS(=O)(=O)N1CCN(C(=O)c2cccc(OCC(C)C)c2)CC1. The van der Waals surface area contributed by atoms with Crippen molar-refractivity contribution >= 4 is 15.9 Å². The molecule has 1 aliphatic rings. The molecule has 1 aromatic carbocycles. The Bertz CT molecular complexity index is 665. The van der Waals surface area contributed by atoms with Crippen molar-refractivity contribution in [2.45, 2.75) is 20.8 Å². The number of piperazine rings is 1. The van der Waals surface area contributed by atoms with Gasteiger partial charge in [0.1, 0.15) is 5.75 Å². The first-order chi connectivity index (χ1) is 11.3. The van der Waals surface area contributed by atoms with Gasteiger partial charge in [0.05, 0.1) is 12.4 Å². The number of carbonyl (C=O) groups excluding carboxylic acids is 1. The maximum absolute atomic E-state index is 12.6. The largest absolute Gasteiger partial charge is 0.493 e. The fourth-order valence-electron chi connectivity index (χ4n) is 2.52. The van der Waals surface area contributed by atoms with Gasteiger partial charge in [0.15, 0.2) is 0 Å². The molecule has 1 amide bonds. The Morgan fingerprint density at radius 1 is 1.21 bits per heavy atom. The summed E-state index contributed by atoms with van der Waals surface area (Å²) in [6.07, 6.45) is 0. The van der Waals surface area contributed by atoms with Gasteiger partial charge in [-0.25, -0.2) is 8.42 Å². The van der Waals surface area contributed by atoms with Crippen LogP contribution < -0.4 is 4.74 Å². The van der Waals surface area contributed by atoms with E-state index < -0.39 is 10.0 Å². The van der Waals surface area contributed by atoms with E-state index in [1.54, 1.807) is 30.0 Å². The van der Waals surface area contributed by atoms with Crippen molar-refractivity contribution in [3.8, 4) is 5.75 Å². The van der Waals surface area contributed by atoms with Gasteiger partial charge < -0.3 is 9.64 Å². The molecule has 0 atom stereocenters. The lowest BCUT2D eigenvalue weighted by Crippen LogP contribution is -2.50. The summed E-state index contributed by atoms with van der Waals surface area (Å²) < 4.78 is 30.9. The minimum absolute atomic E-state index is 0.0847. The smallest absolute Gasteiger partial charge is 0.254 e. The summed E-state index contributed by atoms with van der Waals surface area (Å²) in [4.78, 5) is 14.3. The molecule has 0 N–H and O–H groups in total. The second kappa shape index (κ2) is 7.98. The first-order valence-electron chi connectivity index (χ1n) is 8.33. The molecular formula is C17H26N2O4S. The van der Waals surface area contributed by atoms with E-state index >= 15 is 0 Å². The Labute approximate surface area is 144 Å². The lowest BCUT2D eigenvalue weighted by molar-refractivity contribution is 0.0697. The Hall–Kier alpha value is -1.60. The van der Waals surface area contributed by atoms with Crippen molar-refractivity contribution in [3.05, 3.63) is 29.8 Å². The highest BCUT2D eigenvalue weighted by Gasteiger charge is 2.28. The Morgan fingerprint density at radius 2 is 1.88 bits per heavy atom. The van der Waals surface area contributed by atoms with E-state index in [2.05, 4.69) is 13.8 Å². The average molecular weight is 354 g/mol. The molecule has 0 bridgehead atoms. The molecule has 7 heteroatoms. The standard InChI is InChI=1S/C17H26N2O4S/c1-4-24(21,22)19-10-8-18(9-11-19)17(20)15-6-5-7-16(12-15)23-13-14(2)3/h5-7,12,14H,4,8-11,13H2,1-3H3. The quantitative estimate of drug-likeness (QED) is 0.782. The summed E-state index contributed by atoms with van der Waals surface area (Å²) >= 11 is 0. The van der Waals surface area contributed by atoms with E-state index in [0.29, 0.717) is 50.0 Å². The predicted molar refractivity (Wildman–Crippen MR) is 93.7 cm³/mol. The number of hydrogen-bond donors (Lipinski definition) is 0. The third-order valence-electron chi connectivity index (χ3n) is 3.95. The number of nitrogens with zero attached hydrogens (tertiary/aromatic N) is 2. The predicted octanol–water partition coefficient (Wildman–Crippen LogP) is 1.83. The van der Waals surface area contributed by atoms with Gasteiger partial charge in [-0.1, -0.05) is 19.9 Å². The van der Waals surface area contributed by atoms with Gasteiger partial charge in [0.25, 0.3) is 5.91 Å². The lowest BCUT2D eigenvalue weighted by atomic mass is 10.1. The molecule has 24 heavy (non-hydrogen) atoms. The molecule has 2 rings (SSSR count). The zero-order valence-electron chi connectivity index (χ0n) is 14.6. The van der Waals surface area contributed by atoms with Gasteiger partial charge >= 0.3 is 0 Å². The van der Waals surface area contributed by atoms with Crippen LogP contribution in [-0.4, -0.2) is 62.1 Å². The van der Waals surface area contributed by atoms with E-state index in [4.69, 9.17) is 4.74 Å². The summed E-state index contributed by atoms with van der Waals surface area (Å²) in [5, 5.41) is 0. The number of carbonyl (C=O) groups is 1. The number of amides is 1. The van der Waals surface area contributed by atoms with Gasteiger partial charge in [0, 0.05) is 31.7 Å². The van der Waals surface area contributed by atoms with Crippen molar-refractivity contribution < 1.29 is 17.9 Å². The van der Waals surface area contributed by atoms with Crippen LogP contribution in [0.15, 0.2) is 24.3 Å². The fourth-order valence-corrected chi connectivity index (χ4v) is 3.60. The number of hydrogen-bond acceptors (Lipinski definition) is 4. The van der Waals surface area contributed by atoms with Crippen molar-refractivity contribution in [2.24, 2.45) is 5.92 Å². The zero-order chi connectivity index (χ0) is 17.7. The molecule has 0 unspecified atom stereocenters. The van der Waals surface area contributed by atoms with Gasteiger partial charge in [-0.05, 0) is 31.0 Å². The summed E-state index contributed by atoms with van der Waals surface area (Å²) in [7, 11) is -3.18. The molecule has 0 aromatic heterocycles. The first kappa shape index (κ1) is 18.7. The molecule has 0 aliphatic carbocycles. The summed E-state index contributed by atoms with van der Waals surface area (Å²) in [6, 6.07) is 7.16. The van der Waals surface area contributed by atoms with Crippen molar-refractivity contribution in [1.29, 1.82) is 0 Å². The minimum atomic E-state index is -3.18. The number of benzene rings is 1. The highest BCUT2D eigenvalue weighted by atomic mass is 32.2. The van der Waals surface area contributed by atoms with Crippen LogP contribution in [0, 0.1) is 5.92 Å². The lowest BCUT2D eigenvalue weighted by Gasteiger charge is -2.33. The normalized spacial score (nSPS) is 16.4. The van der Waals surface area contributed by atoms with Crippen molar-refractivity contribution in [3.63, 3.8) is 0 Å². The Morgan fingerprint density at radius 3 is 2.46 bits per heavy atom. The Kier molecular flexibility index (Phi) is 6.23.